The van der Waals surface area contributed by atoms with E-state index in [4.69, 9.17) is 5.11 Å². The van der Waals surface area contributed by atoms with E-state index in [1.165, 1.54) is 11.9 Å². The molecular formula is C19H17N3O3. The van der Waals surface area contributed by atoms with Gasteiger partial charge in [0.1, 0.15) is 12.2 Å². The minimum atomic E-state index is -1.06. The fourth-order valence-electron chi connectivity index (χ4n) is 2.53. The molecule has 0 fully saturated rings. The molecule has 0 aliphatic carbocycles. The van der Waals surface area contributed by atoms with Crippen LogP contribution in [0, 0.1) is 0 Å². The highest BCUT2D eigenvalue weighted by Crippen LogP contribution is 2.24. The minimum Gasteiger partial charge on any atom is -0.480 e. The number of carboxylic acids is 1. The van der Waals surface area contributed by atoms with Gasteiger partial charge >= 0.3 is 5.97 Å². The molecule has 3 aromatic rings. The molecule has 0 saturated carbocycles. The highest BCUT2D eigenvalue weighted by Gasteiger charge is 2.22. The lowest BCUT2D eigenvalue weighted by molar-refractivity contribution is -0.137. The number of hydrogen-bond acceptors (Lipinski definition) is 3. The highest BCUT2D eigenvalue weighted by atomic mass is 16.4. The Balaban J connectivity index is 2.08. The molecule has 0 unspecified atom stereocenters. The van der Waals surface area contributed by atoms with Gasteiger partial charge in [-0.2, -0.15) is 5.10 Å². The summed E-state index contributed by atoms with van der Waals surface area (Å²) in [5, 5.41) is 13.5. The molecule has 1 aromatic heterocycles. The summed E-state index contributed by atoms with van der Waals surface area (Å²) in [6, 6.07) is 18.8. The van der Waals surface area contributed by atoms with Crippen LogP contribution in [0.2, 0.25) is 0 Å². The van der Waals surface area contributed by atoms with Gasteiger partial charge in [0.05, 0.1) is 11.3 Å². The van der Waals surface area contributed by atoms with Crippen molar-refractivity contribution in [3.8, 4) is 16.9 Å². The number of amides is 1. The predicted octanol–water partition coefficient (Wildman–Crippen LogP) is 2.70. The average molecular weight is 335 g/mol. The van der Waals surface area contributed by atoms with Crippen molar-refractivity contribution in [3.05, 3.63) is 72.4 Å². The van der Waals surface area contributed by atoms with Crippen molar-refractivity contribution in [2.24, 2.45) is 0 Å². The van der Waals surface area contributed by atoms with Gasteiger partial charge in [0.2, 0.25) is 0 Å². The van der Waals surface area contributed by atoms with E-state index < -0.39 is 5.97 Å². The van der Waals surface area contributed by atoms with Crippen molar-refractivity contribution in [3.63, 3.8) is 0 Å². The van der Waals surface area contributed by atoms with Crippen LogP contribution in [0.3, 0.4) is 0 Å². The molecule has 6 nitrogen and oxygen atoms in total. The fraction of sp³-hybridized carbons (Fsp3) is 0.105. The summed E-state index contributed by atoms with van der Waals surface area (Å²) in [6.45, 7) is -0.371. The van der Waals surface area contributed by atoms with E-state index in [1.54, 1.807) is 10.9 Å². The van der Waals surface area contributed by atoms with Gasteiger partial charge < -0.3 is 10.0 Å². The second-order valence-electron chi connectivity index (χ2n) is 5.59. The summed E-state index contributed by atoms with van der Waals surface area (Å²) in [5.74, 6) is -1.45. The molecule has 25 heavy (non-hydrogen) atoms. The molecule has 2 aromatic carbocycles. The maximum absolute atomic E-state index is 12.7. The topological polar surface area (TPSA) is 75.4 Å². The van der Waals surface area contributed by atoms with Crippen LogP contribution in [-0.4, -0.2) is 45.3 Å². The molecule has 0 bridgehead atoms. The van der Waals surface area contributed by atoms with Crippen molar-refractivity contribution in [2.75, 3.05) is 13.6 Å². The van der Waals surface area contributed by atoms with Crippen LogP contribution in [0.25, 0.3) is 16.9 Å². The Morgan fingerprint density at radius 2 is 1.64 bits per heavy atom. The molecule has 0 aliphatic rings. The SMILES string of the molecule is CN(CC(=O)O)C(=O)c1cn(-c2ccccc2)nc1-c1ccccc1. The zero-order chi connectivity index (χ0) is 17.8. The van der Waals surface area contributed by atoms with Gasteiger partial charge in [-0.3, -0.25) is 9.59 Å². The van der Waals surface area contributed by atoms with Crippen molar-refractivity contribution in [1.29, 1.82) is 0 Å². The molecule has 0 spiro atoms. The fourth-order valence-corrected chi connectivity index (χ4v) is 2.53. The smallest absolute Gasteiger partial charge is 0.323 e. The van der Waals surface area contributed by atoms with Gasteiger partial charge in [-0.15, -0.1) is 0 Å². The van der Waals surface area contributed by atoms with Crippen molar-refractivity contribution < 1.29 is 14.7 Å². The quantitative estimate of drug-likeness (QED) is 0.778. The number of likely N-dealkylation sites (N-methyl/N-ethyl adjacent to an activating group) is 1. The first-order chi connectivity index (χ1) is 12.1. The Bertz CT molecular complexity index is 889. The van der Waals surface area contributed by atoms with E-state index in [9.17, 15) is 9.59 Å². The second-order valence-corrected chi connectivity index (χ2v) is 5.59. The van der Waals surface area contributed by atoms with E-state index in [2.05, 4.69) is 5.10 Å². The van der Waals surface area contributed by atoms with Crippen LogP contribution in [0.4, 0.5) is 0 Å². The lowest BCUT2D eigenvalue weighted by Crippen LogP contribution is -2.32. The Labute approximate surface area is 144 Å². The van der Waals surface area contributed by atoms with Gasteiger partial charge in [0.15, 0.2) is 0 Å². The average Bonchev–Trinajstić information content (AvgIpc) is 3.07. The third-order valence-corrected chi connectivity index (χ3v) is 3.73. The standard InChI is InChI=1S/C19H17N3O3/c1-21(13-17(23)24)19(25)16-12-22(15-10-6-3-7-11-15)20-18(16)14-8-4-2-5-9-14/h2-12H,13H2,1H3,(H,23,24). The van der Waals surface area contributed by atoms with Gasteiger partial charge in [-0.1, -0.05) is 48.5 Å². The van der Waals surface area contributed by atoms with Gasteiger partial charge in [0.25, 0.3) is 5.91 Å². The number of rotatable bonds is 5. The summed E-state index contributed by atoms with van der Waals surface area (Å²) in [7, 11) is 1.46. The molecule has 126 valence electrons. The molecule has 1 amide bonds. The van der Waals surface area contributed by atoms with Crippen molar-refractivity contribution in [1.82, 2.24) is 14.7 Å². The molecule has 0 saturated heterocycles. The summed E-state index contributed by atoms with van der Waals surface area (Å²) in [5.41, 5.74) is 2.49. The Kier molecular flexibility index (Phi) is 4.61. The first kappa shape index (κ1) is 16.4. The number of carbonyl (C=O) groups is 2. The highest BCUT2D eigenvalue weighted by molar-refractivity contribution is 6.00. The Hall–Kier alpha value is -3.41. The summed E-state index contributed by atoms with van der Waals surface area (Å²) < 4.78 is 1.63. The van der Waals surface area contributed by atoms with Crippen LogP contribution in [0.5, 0.6) is 0 Å². The molecule has 0 aliphatic heterocycles. The molecule has 3 rings (SSSR count). The van der Waals surface area contributed by atoms with Gasteiger partial charge in [0, 0.05) is 18.8 Å². The largest absolute Gasteiger partial charge is 0.480 e. The number of aliphatic carboxylic acids is 1. The lowest BCUT2D eigenvalue weighted by Gasteiger charge is -2.14. The van der Waals surface area contributed by atoms with Gasteiger partial charge in [-0.05, 0) is 12.1 Å². The summed E-state index contributed by atoms with van der Waals surface area (Å²) in [6.07, 6.45) is 1.64. The maximum Gasteiger partial charge on any atom is 0.323 e. The van der Waals surface area contributed by atoms with Crippen LogP contribution >= 0.6 is 0 Å². The third kappa shape index (κ3) is 3.58. The molecule has 1 N–H and O–H groups in total. The van der Waals surface area contributed by atoms with E-state index in [0.29, 0.717) is 11.3 Å². The predicted molar refractivity (Wildman–Crippen MR) is 93.6 cm³/mol. The van der Waals surface area contributed by atoms with Crippen molar-refractivity contribution in [2.45, 2.75) is 0 Å². The van der Waals surface area contributed by atoms with E-state index in [0.717, 1.165) is 11.3 Å². The zero-order valence-electron chi connectivity index (χ0n) is 13.7. The molecular weight excluding hydrogens is 318 g/mol. The number of para-hydroxylation sites is 1. The number of nitrogens with zero attached hydrogens (tertiary/aromatic N) is 3. The Morgan fingerprint density at radius 1 is 1.04 bits per heavy atom. The second kappa shape index (κ2) is 7.00. The first-order valence-corrected chi connectivity index (χ1v) is 7.74. The molecule has 1 heterocycles. The van der Waals surface area contributed by atoms with E-state index in [1.807, 2.05) is 60.7 Å². The number of benzene rings is 2. The monoisotopic (exact) mass is 335 g/mol. The molecule has 0 atom stereocenters. The van der Waals surface area contributed by atoms with Crippen LogP contribution in [-0.2, 0) is 4.79 Å². The van der Waals surface area contributed by atoms with Crippen molar-refractivity contribution >= 4 is 11.9 Å². The van der Waals surface area contributed by atoms with Crippen LogP contribution < -0.4 is 0 Å². The van der Waals surface area contributed by atoms with Crippen LogP contribution in [0.1, 0.15) is 10.4 Å². The van der Waals surface area contributed by atoms with Gasteiger partial charge in [-0.25, -0.2) is 4.68 Å². The normalized spacial score (nSPS) is 10.4. The number of carbonyl (C=O) groups excluding carboxylic acids is 1. The maximum atomic E-state index is 12.7. The lowest BCUT2D eigenvalue weighted by atomic mass is 10.1. The Morgan fingerprint density at radius 3 is 2.24 bits per heavy atom. The number of carboxylic acid groups (broad SMARTS) is 1. The zero-order valence-corrected chi connectivity index (χ0v) is 13.7. The summed E-state index contributed by atoms with van der Waals surface area (Å²) in [4.78, 5) is 24.8. The van der Waals surface area contributed by atoms with E-state index in [-0.39, 0.29) is 12.5 Å². The minimum absolute atomic E-state index is 0.360. The number of hydrogen-bond donors (Lipinski definition) is 1. The van der Waals surface area contributed by atoms with E-state index >= 15 is 0 Å². The first-order valence-electron chi connectivity index (χ1n) is 7.74. The summed E-state index contributed by atoms with van der Waals surface area (Å²) >= 11 is 0. The third-order valence-electron chi connectivity index (χ3n) is 3.73. The molecule has 6 heteroatoms. The van der Waals surface area contributed by atoms with Crippen LogP contribution in [0.15, 0.2) is 66.9 Å². The molecule has 0 radical (unpaired) electrons. The number of aromatic nitrogens is 2.